The molecule has 0 aliphatic carbocycles. The molecule has 0 spiro atoms. The smallest absolute Gasteiger partial charge is 0.234 e. The van der Waals surface area contributed by atoms with Crippen LogP contribution in [0.3, 0.4) is 0 Å². The van der Waals surface area contributed by atoms with Crippen molar-refractivity contribution in [3.8, 4) is 0 Å². The lowest BCUT2D eigenvalue weighted by molar-refractivity contribution is -0.113. The van der Waals surface area contributed by atoms with Gasteiger partial charge in [-0.1, -0.05) is 47.6 Å². The Morgan fingerprint density at radius 2 is 1.86 bits per heavy atom. The van der Waals surface area contributed by atoms with Crippen molar-refractivity contribution >= 4 is 44.8 Å². The molecular weight excluding hydrogens is 432 g/mol. The van der Waals surface area contributed by atoms with Crippen molar-refractivity contribution < 1.29 is 13.2 Å². The number of hydrogen-bond donors (Lipinski definition) is 1. The molecule has 10 heteroatoms. The summed E-state index contributed by atoms with van der Waals surface area (Å²) < 4.78 is 26.6. The van der Waals surface area contributed by atoms with Gasteiger partial charge in [-0.3, -0.25) is 4.79 Å². The monoisotopic (exact) mass is 450 g/mol. The summed E-state index contributed by atoms with van der Waals surface area (Å²) >= 11 is 7.24. The minimum atomic E-state index is -3.53. The molecule has 0 saturated carbocycles. The van der Waals surface area contributed by atoms with E-state index in [1.807, 2.05) is 6.92 Å². The van der Waals surface area contributed by atoms with E-state index in [2.05, 4.69) is 15.5 Å². The lowest BCUT2D eigenvalue weighted by Crippen LogP contribution is -2.15. The van der Waals surface area contributed by atoms with Crippen LogP contribution in [0.1, 0.15) is 11.4 Å². The molecule has 0 aliphatic heterocycles. The van der Waals surface area contributed by atoms with Gasteiger partial charge in [-0.25, -0.2) is 8.42 Å². The second-order valence-corrected chi connectivity index (χ2v) is 9.62. The Morgan fingerprint density at radius 1 is 1.14 bits per heavy atom. The van der Waals surface area contributed by atoms with Crippen molar-refractivity contribution in [2.45, 2.75) is 22.7 Å². The first-order valence-corrected chi connectivity index (χ1v) is 11.6. The number of amides is 1. The fourth-order valence-corrected chi connectivity index (χ4v) is 4.77. The van der Waals surface area contributed by atoms with Gasteiger partial charge in [-0.05, 0) is 36.8 Å². The van der Waals surface area contributed by atoms with Crippen LogP contribution in [0.2, 0.25) is 5.02 Å². The van der Waals surface area contributed by atoms with E-state index < -0.39 is 9.84 Å². The van der Waals surface area contributed by atoms with Crippen molar-refractivity contribution in [3.63, 3.8) is 0 Å². The quantitative estimate of drug-likeness (QED) is 0.554. The standard InChI is InChI=1S/C19H19ClN4O3S2/c1-13-15(20)9-6-10-16(13)21-18(25)11-28-19-23-22-17(24(19)2)12-29(26,27)14-7-4-3-5-8-14/h3-10H,11-12H2,1-2H3,(H,21,25). The number of hydrogen-bond acceptors (Lipinski definition) is 6. The fourth-order valence-electron chi connectivity index (χ4n) is 2.54. The number of anilines is 1. The van der Waals surface area contributed by atoms with E-state index in [0.717, 1.165) is 5.56 Å². The summed E-state index contributed by atoms with van der Waals surface area (Å²) in [6.07, 6.45) is 0. The number of carbonyl (C=O) groups excluding carboxylic acids is 1. The summed E-state index contributed by atoms with van der Waals surface area (Å²) in [7, 11) is -1.85. The number of thioether (sulfide) groups is 1. The number of carbonyl (C=O) groups is 1. The largest absolute Gasteiger partial charge is 0.325 e. The normalized spacial score (nSPS) is 11.4. The Labute approximate surface area is 178 Å². The van der Waals surface area contributed by atoms with E-state index >= 15 is 0 Å². The van der Waals surface area contributed by atoms with Crippen LogP contribution >= 0.6 is 23.4 Å². The SMILES string of the molecule is Cc1c(Cl)cccc1NC(=O)CSc1nnc(CS(=O)(=O)c2ccccc2)n1C. The van der Waals surface area contributed by atoms with Crippen LogP contribution in [0.15, 0.2) is 58.6 Å². The molecule has 1 aromatic heterocycles. The van der Waals surface area contributed by atoms with Crippen LogP contribution in [0.4, 0.5) is 5.69 Å². The highest BCUT2D eigenvalue weighted by Crippen LogP contribution is 2.24. The maximum absolute atomic E-state index is 12.5. The summed E-state index contributed by atoms with van der Waals surface area (Å²) in [5, 5.41) is 11.8. The molecule has 3 aromatic rings. The summed E-state index contributed by atoms with van der Waals surface area (Å²) in [5.41, 5.74) is 1.44. The Balaban J connectivity index is 1.64. The molecule has 3 rings (SSSR count). The molecule has 1 amide bonds. The maximum Gasteiger partial charge on any atom is 0.234 e. The van der Waals surface area contributed by atoms with E-state index in [1.54, 1.807) is 60.1 Å². The average molecular weight is 451 g/mol. The third-order valence-corrected chi connectivity index (χ3v) is 7.28. The molecular formula is C19H19ClN4O3S2. The van der Waals surface area contributed by atoms with E-state index in [4.69, 9.17) is 11.6 Å². The van der Waals surface area contributed by atoms with Crippen LogP contribution in [-0.2, 0) is 27.4 Å². The molecule has 152 valence electrons. The highest BCUT2D eigenvalue weighted by atomic mass is 35.5. The second kappa shape index (κ2) is 8.98. The molecule has 7 nitrogen and oxygen atoms in total. The van der Waals surface area contributed by atoms with Gasteiger partial charge >= 0.3 is 0 Å². The van der Waals surface area contributed by atoms with E-state index in [0.29, 0.717) is 21.7 Å². The Kier molecular flexibility index (Phi) is 6.61. The molecule has 2 aromatic carbocycles. The molecule has 29 heavy (non-hydrogen) atoms. The zero-order valence-corrected chi connectivity index (χ0v) is 18.2. The summed E-state index contributed by atoms with van der Waals surface area (Å²) in [4.78, 5) is 12.5. The second-order valence-electron chi connectivity index (χ2n) is 6.28. The predicted octanol–water partition coefficient (Wildman–Crippen LogP) is 3.48. The van der Waals surface area contributed by atoms with Gasteiger partial charge in [-0.15, -0.1) is 10.2 Å². The number of aromatic nitrogens is 3. The number of rotatable bonds is 7. The molecule has 1 N–H and O–H groups in total. The number of nitrogens with one attached hydrogen (secondary N) is 1. The molecule has 0 atom stereocenters. The molecule has 0 fully saturated rings. The molecule has 1 heterocycles. The lowest BCUT2D eigenvalue weighted by Gasteiger charge is -2.09. The van der Waals surface area contributed by atoms with Crippen molar-refractivity contribution in [2.75, 3.05) is 11.1 Å². The molecule has 0 aliphatic rings. The summed E-state index contributed by atoms with van der Waals surface area (Å²) in [6, 6.07) is 13.5. The summed E-state index contributed by atoms with van der Waals surface area (Å²) in [6.45, 7) is 1.83. The minimum absolute atomic E-state index is 0.101. The third-order valence-electron chi connectivity index (χ3n) is 4.22. The minimum Gasteiger partial charge on any atom is -0.325 e. The third kappa shape index (κ3) is 5.17. The first kappa shape index (κ1) is 21.4. The van der Waals surface area contributed by atoms with Crippen molar-refractivity contribution in [1.29, 1.82) is 0 Å². The molecule has 0 unspecified atom stereocenters. The highest BCUT2D eigenvalue weighted by molar-refractivity contribution is 7.99. The van der Waals surface area contributed by atoms with Gasteiger partial charge in [0.1, 0.15) is 11.6 Å². The highest BCUT2D eigenvalue weighted by Gasteiger charge is 2.20. The van der Waals surface area contributed by atoms with Gasteiger partial charge in [0.25, 0.3) is 0 Å². The van der Waals surface area contributed by atoms with Crippen LogP contribution in [0.25, 0.3) is 0 Å². The van der Waals surface area contributed by atoms with Crippen molar-refractivity contribution in [2.24, 2.45) is 7.05 Å². The first-order valence-electron chi connectivity index (χ1n) is 8.62. The zero-order chi connectivity index (χ0) is 21.0. The van der Waals surface area contributed by atoms with Crippen molar-refractivity contribution in [3.05, 3.63) is 64.9 Å². The van der Waals surface area contributed by atoms with Gasteiger partial charge in [0.15, 0.2) is 15.0 Å². The first-order chi connectivity index (χ1) is 13.8. The number of sulfone groups is 1. The molecule has 0 radical (unpaired) electrons. The van der Waals surface area contributed by atoms with Crippen LogP contribution < -0.4 is 5.32 Å². The molecule has 0 saturated heterocycles. The van der Waals surface area contributed by atoms with Gasteiger partial charge in [0.2, 0.25) is 5.91 Å². The van der Waals surface area contributed by atoms with Gasteiger partial charge in [0, 0.05) is 17.8 Å². The molecule has 0 bridgehead atoms. The van der Waals surface area contributed by atoms with Crippen LogP contribution in [0, 0.1) is 6.92 Å². The lowest BCUT2D eigenvalue weighted by atomic mass is 10.2. The van der Waals surface area contributed by atoms with Crippen LogP contribution in [0.5, 0.6) is 0 Å². The number of benzene rings is 2. The van der Waals surface area contributed by atoms with E-state index in [-0.39, 0.29) is 22.3 Å². The van der Waals surface area contributed by atoms with Gasteiger partial charge in [-0.2, -0.15) is 0 Å². The zero-order valence-electron chi connectivity index (χ0n) is 15.8. The maximum atomic E-state index is 12.5. The van der Waals surface area contributed by atoms with Crippen LogP contribution in [-0.4, -0.2) is 34.8 Å². The average Bonchev–Trinajstić information content (AvgIpc) is 3.03. The number of nitrogens with zero attached hydrogens (tertiary/aromatic N) is 3. The predicted molar refractivity (Wildman–Crippen MR) is 114 cm³/mol. The Bertz CT molecular complexity index is 1130. The fraction of sp³-hybridized carbons (Fsp3) is 0.211. The van der Waals surface area contributed by atoms with E-state index in [1.165, 1.54) is 11.8 Å². The van der Waals surface area contributed by atoms with E-state index in [9.17, 15) is 13.2 Å². The van der Waals surface area contributed by atoms with Gasteiger partial charge in [0.05, 0.1) is 10.6 Å². The van der Waals surface area contributed by atoms with Crippen molar-refractivity contribution in [1.82, 2.24) is 14.8 Å². The van der Waals surface area contributed by atoms with Gasteiger partial charge < -0.3 is 9.88 Å². The Morgan fingerprint density at radius 3 is 2.59 bits per heavy atom. The Hall–Kier alpha value is -2.36. The topological polar surface area (TPSA) is 94.0 Å². The summed E-state index contributed by atoms with van der Waals surface area (Å²) in [5.74, 6) is -0.0810. The number of halogens is 1.